The molecule has 1 aromatic carbocycles. The van der Waals surface area contributed by atoms with Gasteiger partial charge in [-0.15, -0.1) is 0 Å². The second-order valence-corrected chi connectivity index (χ2v) is 4.96. The van der Waals surface area contributed by atoms with Gasteiger partial charge in [0.1, 0.15) is 0 Å². The van der Waals surface area contributed by atoms with Crippen molar-refractivity contribution >= 4 is 39.3 Å². The lowest BCUT2D eigenvalue weighted by molar-refractivity contribution is -0.141. The summed E-state index contributed by atoms with van der Waals surface area (Å²) in [5.41, 5.74) is 0.480. The summed E-state index contributed by atoms with van der Waals surface area (Å²) in [6, 6.07) is 4.98. The van der Waals surface area contributed by atoms with Gasteiger partial charge in [0, 0.05) is 21.0 Å². The van der Waals surface area contributed by atoms with Crippen LogP contribution in [0.2, 0.25) is 5.02 Å². The van der Waals surface area contributed by atoms with Crippen molar-refractivity contribution in [2.24, 2.45) is 5.92 Å². The van der Waals surface area contributed by atoms with Gasteiger partial charge in [-0.25, -0.2) is 0 Å². The van der Waals surface area contributed by atoms with E-state index in [9.17, 15) is 9.59 Å². The fourth-order valence-corrected chi connectivity index (χ4v) is 1.99. The van der Waals surface area contributed by atoms with Gasteiger partial charge in [-0.2, -0.15) is 0 Å². The molecule has 5 heteroatoms. The van der Waals surface area contributed by atoms with E-state index < -0.39 is 11.9 Å². The first-order valence-corrected chi connectivity index (χ1v) is 6.19. The van der Waals surface area contributed by atoms with E-state index in [0.717, 1.165) is 0 Å². The fourth-order valence-electron chi connectivity index (χ4n) is 1.38. The molecule has 0 bridgehead atoms. The van der Waals surface area contributed by atoms with Crippen LogP contribution in [0.15, 0.2) is 22.7 Å². The Kier molecular flexibility index (Phi) is 5.15. The van der Waals surface area contributed by atoms with Crippen LogP contribution in [-0.2, 0) is 9.53 Å². The summed E-state index contributed by atoms with van der Waals surface area (Å²) in [4.78, 5) is 23.2. The third-order valence-electron chi connectivity index (χ3n) is 2.34. The highest BCUT2D eigenvalue weighted by molar-refractivity contribution is 9.10. The quantitative estimate of drug-likeness (QED) is 0.630. The number of carbonyl (C=O) groups is 2. The number of hydrogen-bond donors (Lipinski definition) is 0. The van der Waals surface area contributed by atoms with E-state index in [0.29, 0.717) is 15.1 Å². The second kappa shape index (κ2) is 6.17. The van der Waals surface area contributed by atoms with Gasteiger partial charge in [-0.05, 0) is 18.2 Å². The average molecular weight is 320 g/mol. The Morgan fingerprint density at radius 1 is 1.47 bits per heavy atom. The molecule has 92 valence electrons. The van der Waals surface area contributed by atoms with Crippen molar-refractivity contribution in [3.63, 3.8) is 0 Å². The minimum absolute atomic E-state index is 0.0638. The minimum Gasteiger partial charge on any atom is -0.469 e. The van der Waals surface area contributed by atoms with Crippen LogP contribution in [0.1, 0.15) is 23.7 Å². The molecule has 0 radical (unpaired) electrons. The zero-order valence-corrected chi connectivity index (χ0v) is 11.8. The highest BCUT2D eigenvalue weighted by Gasteiger charge is 2.21. The van der Waals surface area contributed by atoms with Crippen molar-refractivity contribution in [1.29, 1.82) is 0 Å². The Labute approximate surface area is 113 Å². The molecule has 0 N–H and O–H groups in total. The Morgan fingerprint density at radius 2 is 2.12 bits per heavy atom. The molecule has 3 nitrogen and oxygen atoms in total. The Bertz CT molecular complexity index is 445. The van der Waals surface area contributed by atoms with E-state index in [1.807, 2.05) is 0 Å². The number of esters is 1. The number of ether oxygens (including phenoxy) is 1. The summed E-state index contributed by atoms with van der Waals surface area (Å²) in [6.07, 6.45) is 0.0638. The molecule has 0 aliphatic carbocycles. The van der Waals surface area contributed by atoms with Gasteiger partial charge in [0.05, 0.1) is 13.5 Å². The lowest BCUT2D eigenvalue weighted by Gasteiger charge is -2.10. The summed E-state index contributed by atoms with van der Waals surface area (Å²) in [5, 5.41) is 0.488. The molecule has 1 rings (SSSR count). The molecule has 0 spiro atoms. The average Bonchev–Trinajstić information content (AvgIpc) is 2.31. The summed E-state index contributed by atoms with van der Waals surface area (Å²) >= 11 is 9.12. The molecular formula is C12H12BrClO3. The first-order valence-electron chi connectivity index (χ1n) is 5.01. The molecule has 0 aromatic heterocycles. The number of rotatable bonds is 4. The number of methoxy groups -OCH3 is 1. The van der Waals surface area contributed by atoms with Crippen molar-refractivity contribution in [1.82, 2.24) is 0 Å². The van der Waals surface area contributed by atoms with Crippen molar-refractivity contribution in [2.45, 2.75) is 13.3 Å². The van der Waals surface area contributed by atoms with Crippen molar-refractivity contribution in [2.75, 3.05) is 7.11 Å². The Hall–Kier alpha value is -0.870. The van der Waals surface area contributed by atoms with Crippen LogP contribution in [0.5, 0.6) is 0 Å². The zero-order chi connectivity index (χ0) is 13.0. The van der Waals surface area contributed by atoms with Crippen molar-refractivity contribution in [3.05, 3.63) is 33.3 Å². The largest absolute Gasteiger partial charge is 0.469 e. The standard InChI is InChI=1S/C12H12BrClO3/c1-7(5-11(15)17-2)12(16)9-6-8(14)3-4-10(9)13/h3-4,6-7H,5H2,1-2H3. The van der Waals surface area contributed by atoms with Crippen LogP contribution in [0.3, 0.4) is 0 Å². The Morgan fingerprint density at radius 3 is 2.71 bits per heavy atom. The first kappa shape index (κ1) is 14.2. The van der Waals surface area contributed by atoms with E-state index in [1.54, 1.807) is 25.1 Å². The third kappa shape index (κ3) is 3.82. The maximum Gasteiger partial charge on any atom is 0.306 e. The van der Waals surface area contributed by atoms with Gasteiger partial charge < -0.3 is 4.74 Å². The number of benzene rings is 1. The van der Waals surface area contributed by atoms with Crippen LogP contribution < -0.4 is 0 Å². The van der Waals surface area contributed by atoms with Gasteiger partial charge in [0.15, 0.2) is 5.78 Å². The maximum absolute atomic E-state index is 12.1. The number of hydrogen-bond acceptors (Lipinski definition) is 3. The minimum atomic E-state index is -0.433. The molecule has 0 aliphatic rings. The predicted molar refractivity (Wildman–Crippen MR) is 69.3 cm³/mol. The lowest BCUT2D eigenvalue weighted by Crippen LogP contribution is -2.17. The monoisotopic (exact) mass is 318 g/mol. The van der Waals surface area contributed by atoms with E-state index in [2.05, 4.69) is 20.7 Å². The molecule has 0 aliphatic heterocycles. The summed E-state index contributed by atoms with van der Waals surface area (Å²) < 4.78 is 5.20. The van der Waals surface area contributed by atoms with Gasteiger partial charge in [0.25, 0.3) is 0 Å². The molecule has 1 unspecified atom stereocenters. The van der Waals surface area contributed by atoms with Crippen LogP contribution in [0.4, 0.5) is 0 Å². The highest BCUT2D eigenvalue weighted by Crippen LogP contribution is 2.24. The molecule has 17 heavy (non-hydrogen) atoms. The number of ketones is 1. The summed E-state index contributed by atoms with van der Waals surface area (Å²) in [7, 11) is 1.30. The van der Waals surface area contributed by atoms with Gasteiger partial charge in [-0.3, -0.25) is 9.59 Å². The Balaban J connectivity index is 2.88. The lowest BCUT2D eigenvalue weighted by atomic mass is 9.96. The maximum atomic E-state index is 12.1. The number of halogens is 2. The molecule has 0 saturated heterocycles. The molecule has 0 fully saturated rings. The zero-order valence-electron chi connectivity index (χ0n) is 9.50. The molecule has 1 aromatic rings. The van der Waals surface area contributed by atoms with Crippen LogP contribution in [0.25, 0.3) is 0 Å². The smallest absolute Gasteiger partial charge is 0.306 e. The molecule has 0 heterocycles. The van der Waals surface area contributed by atoms with Gasteiger partial charge in [0.2, 0.25) is 0 Å². The predicted octanol–water partition coefficient (Wildman–Crippen LogP) is 3.48. The van der Waals surface area contributed by atoms with Crippen molar-refractivity contribution in [3.8, 4) is 0 Å². The summed E-state index contributed by atoms with van der Waals surface area (Å²) in [5.74, 6) is -0.967. The normalized spacial score (nSPS) is 12.0. The van der Waals surface area contributed by atoms with Gasteiger partial charge in [-0.1, -0.05) is 34.5 Å². The number of carbonyl (C=O) groups excluding carboxylic acids is 2. The van der Waals surface area contributed by atoms with E-state index in [1.165, 1.54) is 7.11 Å². The molecule has 0 amide bonds. The molecular weight excluding hydrogens is 307 g/mol. The van der Waals surface area contributed by atoms with Crippen molar-refractivity contribution < 1.29 is 14.3 Å². The van der Waals surface area contributed by atoms with E-state index in [4.69, 9.17) is 11.6 Å². The fraction of sp³-hybridized carbons (Fsp3) is 0.333. The summed E-state index contributed by atoms with van der Waals surface area (Å²) in [6.45, 7) is 1.69. The second-order valence-electron chi connectivity index (χ2n) is 3.67. The highest BCUT2D eigenvalue weighted by atomic mass is 79.9. The van der Waals surface area contributed by atoms with E-state index in [-0.39, 0.29) is 12.2 Å². The topological polar surface area (TPSA) is 43.4 Å². The molecule has 0 saturated carbocycles. The van der Waals surface area contributed by atoms with E-state index >= 15 is 0 Å². The van der Waals surface area contributed by atoms with Crippen LogP contribution in [-0.4, -0.2) is 18.9 Å². The number of Topliss-reactive ketones (excluding diaryl/α,β-unsaturated/α-hetero) is 1. The third-order valence-corrected chi connectivity index (χ3v) is 3.27. The molecule has 1 atom stereocenters. The van der Waals surface area contributed by atoms with Crippen LogP contribution in [0, 0.1) is 5.92 Å². The first-order chi connectivity index (χ1) is 7.95. The van der Waals surface area contributed by atoms with Crippen LogP contribution >= 0.6 is 27.5 Å². The van der Waals surface area contributed by atoms with Gasteiger partial charge >= 0.3 is 5.97 Å². The SMILES string of the molecule is COC(=O)CC(C)C(=O)c1cc(Cl)ccc1Br.